The third-order valence-electron chi connectivity index (χ3n) is 3.88. The number of nitrogens with one attached hydrogen (secondary N) is 1. The van der Waals surface area contributed by atoms with E-state index in [2.05, 4.69) is 16.4 Å². The second-order valence-electron chi connectivity index (χ2n) is 6.22. The van der Waals surface area contributed by atoms with E-state index in [-0.39, 0.29) is 0 Å². The standard InChI is InChI=1S/C20H21FN2OS/c1-4-14(20(2,3)21)13-24-16-11-9-15(10-12-16)22-19-23-17-7-5-6-8-18(17)25-19/h5-13H,4H2,1-3H3,(H,22,23)/b14-13-. The summed E-state index contributed by atoms with van der Waals surface area (Å²) in [7, 11) is 0. The van der Waals surface area contributed by atoms with Crippen molar-refractivity contribution in [2.24, 2.45) is 0 Å². The minimum Gasteiger partial charge on any atom is -0.465 e. The van der Waals surface area contributed by atoms with Gasteiger partial charge < -0.3 is 10.1 Å². The van der Waals surface area contributed by atoms with E-state index in [0.29, 0.717) is 17.7 Å². The van der Waals surface area contributed by atoms with Gasteiger partial charge in [0, 0.05) is 11.3 Å². The van der Waals surface area contributed by atoms with Gasteiger partial charge in [-0.05, 0) is 56.7 Å². The molecule has 1 aromatic heterocycles. The molecule has 0 spiro atoms. The van der Waals surface area contributed by atoms with Crippen LogP contribution in [0, 0.1) is 0 Å². The number of ether oxygens (including phenoxy) is 1. The molecule has 0 aliphatic heterocycles. The number of halogens is 1. The molecule has 0 aliphatic carbocycles. The highest BCUT2D eigenvalue weighted by Crippen LogP contribution is 2.29. The summed E-state index contributed by atoms with van der Waals surface area (Å²) in [4.78, 5) is 4.55. The van der Waals surface area contributed by atoms with Gasteiger partial charge in [-0.25, -0.2) is 9.37 Å². The Balaban J connectivity index is 1.68. The van der Waals surface area contributed by atoms with Crippen molar-refractivity contribution in [3.63, 3.8) is 0 Å². The number of anilines is 2. The number of hydrogen-bond acceptors (Lipinski definition) is 4. The van der Waals surface area contributed by atoms with E-state index in [1.807, 2.05) is 49.4 Å². The fraction of sp³-hybridized carbons (Fsp3) is 0.250. The average molecular weight is 356 g/mol. The van der Waals surface area contributed by atoms with Gasteiger partial charge in [0.15, 0.2) is 5.13 Å². The molecule has 0 saturated heterocycles. The van der Waals surface area contributed by atoms with Crippen LogP contribution in [0.25, 0.3) is 10.2 Å². The lowest BCUT2D eigenvalue weighted by Crippen LogP contribution is -2.15. The molecular formula is C20H21FN2OS. The van der Waals surface area contributed by atoms with Crippen molar-refractivity contribution in [2.75, 3.05) is 5.32 Å². The molecule has 0 amide bonds. The lowest BCUT2D eigenvalue weighted by atomic mass is 9.99. The Bertz CT molecular complexity index is 846. The van der Waals surface area contributed by atoms with Gasteiger partial charge in [0.05, 0.1) is 16.5 Å². The highest BCUT2D eigenvalue weighted by molar-refractivity contribution is 7.22. The summed E-state index contributed by atoms with van der Waals surface area (Å²) in [5.74, 6) is 0.671. The van der Waals surface area contributed by atoms with Crippen molar-refractivity contribution in [2.45, 2.75) is 32.9 Å². The van der Waals surface area contributed by atoms with Crippen LogP contribution in [0.5, 0.6) is 5.75 Å². The Morgan fingerprint density at radius 3 is 2.56 bits per heavy atom. The number of allylic oxidation sites excluding steroid dienone is 1. The zero-order valence-corrected chi connectivity index (χ0v) is 15.4. The molecule has 0 aliphatic rings. The van der Waals surface area contributed by atoms with E-state index in [0.717, 1.165) is 21.0 Å². The molecule has 0 saturated carbocycles. The van der Waals surface area contributed by atoms with E-state index < -0.39 is 5.67 Å². The van der Waals surface area contributed by atoms with Crippen molar-refractivity contribution in [3.8, 4) is 5.75 Å². The van der Waals surface area contributed by atoms with Crippen molar-refractivity contribution in [1.29, 1.82) is 0 Å². The average Bonchev–Trinajstić information content (AvgIpc) is 2.98. The molecular weight excluding hydrogens is 335 g/mol. The van der Waals surface area contributed by atoms with Crippen LogP contribution in [0.4, 0.5) is 15.2 Å². The maximum Gasteiger partial charge on any atom is 0.188 e. The zero-order chi connectivity index (χ0) is 17.9. The number of thiazole rings is 1. The number of hydrogen-bond donors (Lipinski definition) is 1. The van der Waals surface area contributed by atoms with Crippen LogP contribution in [0.1, 0.15) is 27.2 Å². The quantitative estimate of drug-likeness (QED) is 0.515. The third kappa shape index (κ3) is 4.37. The summed E-state index contributed by atoms with van der Waals surface area (Å²) < 4.78 is 20.7. The van der Waals surface area contributed by atoms with Gasteiger partial charge in [-0.3, -0.25) is 0 Å². The predicted molar refractivity (Wildman–Crippen MR) is 104 cm³/mol. The maximum absolute atomic E-state index is 14.0. The number of aromatic nitrogens is 1. The first-order valence-corrected chi connectivity index (χ1v) is 9.05. The van der Waals surface area contributed by atoms with Gasteiger partial charge in [-0.2, -0.15) is 0 Å². The minimum atomic E-state index is -1.37. The van der Waals surface area contributed by atoms with Crippen LogP contribution in [0.2, 0.25) is 0 Å². The Hall–Kier alpha value is -2.40. The number of para-hydroxylation sites is 1. The molecule has 130 valence electrons. The van der Waals surface area contributed by atoms with E-state index >= 15 is 0 Å². The molecule has 0 fully saturated rings. The second-order valence-corrected chi connectivity index (χ2v) is 7.25. The van der Waals surface area contributed by atoms with Gasteiger partial charge in [0.25, 0.3) is 0 Å². The molecule has 1 heterocycles. The lowest BCUT2D eigenvalue weighted by molar-refractivity contribution is 0.255. The van der Waals surface area contributed by atoms with Gasteiger partial charge in [-0.1, -0.05) is 30.4 Å². The SMILES string of the molecule is CC/C(=C/Oc1ccc(Nc2nc3ccccc3s2)cc1)C(C)(C)F. The van der Waals surface area contributed by atoms with Crippen molar-refractivity contribution in [3.05, 3.63) is 60.4 Å². The normalized spacial score (nSPS) is 12.4. The molecule has 2 aromatic carbocycles. The smallest absolute Gasteiger partial charge is 0.188 e. The molecule has 1 N–H and O–H groups in total. The van der Waals surface area contributed by atoms with Crippen molar-refractivity contribution in [1.82, 2.24) is 4.98 Å². The summed E-state index contributed by atoms with van der Waals surface area (Å²) in [5, 5.41) is 4.15. The molecule has 3 rings (SSSR count). The molecule has 0 atom stereocenters. The zero-order valence-electron chi connectivity index (χ0n) is 14.5. The molecule has 0 radical (unpaired) electrons. The monoisotopic (exact) mass is 356 g/mol. The van der Waals surface area contributed by atoms with E-state index in [9.17, 15) is 4.39 Å². The number of alkyl halides is 1. The van der Waals surface area contributed by atoms with E-state index in [1.165, 1.54) is 20.1 Å². The Morgan fingerprint density at radius 1 is 1.20 bits per heavy atom. The van der Waals surface area contributed by atoms with E-state index in [1.54, 1.807) is 11.3 Å². The highest BCUT2D eigenvalue weighted by atomic mass is 32.1. The second kappa shape index (κ2) is 7.23. The number of fused-ring (bicyclic) bond motifs is 1. The Kier molecular flexibility index (Phi) is 5.04. The van der Waals surface area contributed by atoms with Crippen molar-refractivity contribution < 1.29 is 9.13 Å². The largest absolute Gasteiger partial charge is 0.465 e. The first kappa shape index (κ1) is 17.4. The van der Waals surface area contributed by atoms with Gasteiger partial charge >= 0.3 is 0 Å². The molecule has 0 unspecified atom stereocenters. The number of rotatable bonds is 6. The summed E-state index contributed by atoms with van der Waals surface area (Å²) in [6, 6.07) is 15.6. The summed E-state index contributed by atoms with van der Waals surface area (Å²) in [5.41, 5.74) is 1.17. The van der Waals surface area contributed by atoms with Crippen LogP contribution in [0.3, 0.4) is 0 Å². The fourth-order valence-electron chi connectivity index (χ4n) is 2.45. The van der Waals surface area contributed by atoms with Crippen LogP contribution in [0.15, 0.2) is 60.4 Å². The maximum atomic E-state index is 14.0. The molecule has 25 heavy (non-hydrogen) atoms. The van der Waals surface area contributed by atoms with Gasteiger partial charge in [0.2, 0.25) is 0 Å². The lowest BCUT2D eigenvalue weighted by Gasteiger charge is -2.17. The summed E-state index contributed by atoms with van der Waals surface area (Å²) in [6.07, 6.45) is 2.12. The van der Waals surface area contributed by atoms with Crippen LogP contribution in [-0.4, -0.2) is 10.7 Å². The molecule has 3 nitrogen and oxygen atoms in total. The number of benzene rings is 2. The van der Waals surface area contributed by atoms with E-state index in [4.69, 9.17) is 4.74 Å². The molecule has 0 bridgehead atoms. The van der Waals surface area contributed by atoms with Gasteiger partial charge in [0.1, 0.15) is 11.4 Å². The minimum absolute atomic E-state index is 0.612. The Labute approximate surface area is 151 Å². The molecule has 3 aromatic rings. The van der Waals surface area contributed by atoms with Crippen LogP contribution < -0.4 is 10.1 Å². The topological polar surface area (TPSA) is 34.1 Å². The van der Waals surface area contributed by atoms with Gasteiger partial charge in [-0.15, -0.1) is 0 Å². The molecule has 5 heteroatoms. The first-order valence-electron chi connectivity index (χ1n) is 8.23. The first-order chi connectivity index (χ1) is 12.0. The van der Waals surface area contributed by atoms with Crippen LogP contribution in [-0.2, 0) is 0 Å². The summed E-state index contributed by atoms with van der Waals surface area (Å²) in [6.45, 7) is 5.00. The fourth-order valence-corrected chi connectivity index (χ4v) is 3.34. The number of nitrogens with zero attached hydrogens (tertiary/aromatic N) is 1. The third-order valence-corrected chi connectivity index (χ3v) is 4.83. The highest BCUT2D eigenvalue weighted by Gasteiger charge is 2.20. The summed E-state index contributed by atoms with van der Waals surface area (Å²) >= 11 is 1.61. The Morgan fingerprint density at radius 2 is 1.92 bits per heavy atom. The predicted octanol–water partition coefficient (Wildman–Crippen LogP) is 6.46. The van der Waals surface area contributed by atoms with Crippen molar-refractivity contribution >= 4 is 32.4 Å². The van der Waals surface area contributed by atoms with Crippen LogP contribution >= 0.6 is 11.3 Å².